The fraction of sp³-hybridized carbons (Fsp3) is 0.524. The van der Waals surface area contributed by atoms with E-state index >= 15 is 0 Å². The lowest BCUT2D eigenvalue weighted by atomic mass is 9.93. The first-order valence-corrected chi connectivity index (χ1v) is 10.7. The molecule has 1 aromatic heterocycles. The van der Waals surface area contributed by atoms with Crippen LogP contribution in [0.2, 0.25) is 0 Å². The monoisotopic (exact) mass is 447 g/mol. The third-order valence-electron chi connectivity index (χ3n) is 6.26. The highest BCUT2D eigenvalue weighted by molar-refractivity contribution is 5.90. The Labute approximate surface area is 184 Å². The standard InChI is InChI=1S/C21H26FN5O5/c1-14-23-11-20(27(30)31)25(14)9-6-15-4-7-24(8-5-15)19-3-2-16(10-18(19)22)26-12-17(13-28)32-21(26)29/h2-3,10-11,15,17,28H,4-9,12-13H2,1H3. The molecular formula is C21H26FN5O5. The number of anilines is 2. The molecule has 2 fully saturated rings. The molecule has 0 radical (unpaired) electrons. The van der Waals surface area contributed by atoms with Crippen molar-refractivity contribution >= 4 is 23.3 Å². The smallest absolute Gasteiger partial charge is 0.414 e. The molecular weight excluding hydrogens is 421 g/mol. The number of amides is 1. The SMILES string of the molecule is Cc1ncc([N+](=O)[O-])n1CCC1CCN(c2ccc(N3CC(CO)OC3=O)cc2F)CC1. The number of hydrogen-bond donors (Lipinski definition) is 1. The molecule has 2 aliphatic rings. The van der Waals surface area contributed by atoms with Crippen LogP contribution >= 0.6 is 0 Å². The first-order chi connectivity index (χ1) is 15.4. The van der Waals surface area contributed by atoms with Crippen molar-refractivity contribution in [3.63, 3.8) is 0 Å². The van der Waals surface area contributed by atoms with Crippen molar-refractivity contribution in [1.82, 2.24) is 9.55 Å². The van der Waals surface area contributed by atoms with Gasteiger partial charge in [0, 0.05) is 20.0 Å². The number of carbonyl (C=O) groups excluding carboxylic acids is 1. The van der Waals surface area contributed by atoms with Crippen LogP contribution in [0.5, 0.6) is 0 Å². The third-order valence-corrected chi connectivity index (χ3v) is 6.26. The van der Waals surface area contributed by atoms with E-state index in [1.165, 1.54) is 17.2 Å². The molecule has 1 amide bonds. The van der Waals surface area contributed by atoms with Gasteiger partial charge in [0.1, 0.15) is 18.1 Å². The Kier molecular flexibility index (Phi) is 6.26. The second-order valence-corrected chi connectivity index (χ2v) is 8.23. The van der Waals surface area contributed by atoms with E-state index in [2.05, 4.69) is 4.98 Å². The Morgan fingerprint density at radius 2 is 2.09 bits per heavy atom. The van der Waals surface area contributed by atoms with Gasteiger partial charge in [-0.15, -0.1) is 0 Å². The summed E-state index contributed by atoms with van der Waals surface area (Å²) in [5, 5.41) is 20.3. The molecule has 10 nitrogen and oxygen atoms in total. The molecule has 0 saturated carbocycles. The number of benzene rings is 1. The summed E-state index contributed by atoms with van der Waals surface area (Å²) in [4.78, 5) is 30.0. The Morgan fingerprint density at radius 1 is 1.34 bits per heavy atom. The lowest BCUT2D eigenvalue weighted by Gasteiger charge is -2.34. The lowest BCUT2D eigenvalue weighted by molar-refractivity contribution is -0.392. The zero-order valence-corrected chi connectivity index (χ0v) is 17.8. The maximum absolute atomic E-state index is 14.8. The number of aromatic nitrogens is 2. The highest BCUT2D eigenvalue weighted by atomic mass is 19.1. The zero-order valence-electron chi connectivity index (χ0n) is 17.8. The molecule has 2 aliphatic heterocycles. The van der Waals surface area contributed by atoms with E-state index in [4.69, 9.17) is 9.84 Å². The molecule has 4 rings (SSSR count). The van der Waals surface area contributed by atoms with Gasteiger partial charge in [0.05, 0.1) is 31.1 Å². The number of aryl methyl sites for hydroxylation is 1. The average molecular weight is 447 g/mol. The van der Waals surface area contributed by atoms with Crippen molar-refractivity contribution in [2.45, 2.75) is 38.8 Å². The Morgan fingerprint density at radius 3 is 2.72 bits per heavy atom. The molecule has 2 aromatic rings. The minimum absolute atomic E-state index is 0.00860. The molecule has 0 spiro atoms. The third kappa shape index (κ3) is 4.38. The van der Waals surface area contributed by atoms with Crippen LogP contribution in [0.1, 0.15) is 25.1 Å². The van der Waals surface area contributed by atoms with Gasteiger partial charge in [-0.2, -0.15) is 0 Å². The molecule has 11 heteroatoms. The number of carbonyl (C=O) groups is 1. The van der Waals surface area contributed by atoms with Crippen molar-refractivity contribution in [3.05, 3.63) is 46.2 Å². The van der Waals surface area contributed by atoms with Gasteiger partial charge >= 0.3 is 11.9 Å². The van der Waals surface area contributed by atoms with Crippen molar-refractivity contribution < 1.29 is 24.0 Å². The summed E-state index contributed by atoms with van der Waals surface area (Å²) in [5.41, 5.74) is 0.888. The number of rotatable bonds is 7. The van der Waals surface area contributed by atoms with E-state index in [0.717, 1.165) is 19.3 Å². The van der Waals surface area contributed by atoms with Crippen LogP contribution in [-0.2, 0) is 11.3 Å². The highest BCUT2D eigenvalue weighted by Gasteiger charge is 2.32. The number of ether oxygens (including phenoxy) is 1. The molecule has 1 unspecified atom stereocenters. The van der Waals surface area contributed by atoms with E-state index in [1.54, 1.807) is 23.6 Å². The topological polar surface area (TPSA) is 114 Å². The molecule has 172 valence electrons. The molecule has 1 atom stereocenters. The van der Waals surface area contributed by atoms with E-state index in [-0.39, 0.29) is 19.0 Å². The minimum Gasteiger partial charge on any atom is -0.441 e. The summed E-state index contributed by atoms with van der Waals surface area (Å²) in [6.07, 6.45) is 2.62. The zero-order chi connectivity index (χ0) is 22.8. The Hall–Kier alpha value is -3.21. The quantitative estimate of drug-likeness (QED) is 0.513. The number of aliphatic hydroxyl groups excluding tert-OH is 1. The molecule has 1 N–H and O–H groups in total. The van der Waals surface area contributed by atoms with Gasteiger partial charge in [-0.05, 0) is 48.3 Å². The van der Waals surface area contributed by atoms with Gasteiger partial charge in [-0.25, -0.2) is 18.7 Å². The second kappa shape index (κ2) is 9.11. The van der Waals surface area contributed by atoms with Crippen molar-refractivity contribution in [2.24, 2.45) is 5.92 Å². The molecule has 1 aromatic carbocycles. The lowest BCUT2D eigenvalue weighted by Crippen LogP contribution is -2.34. The van der Waals surface area contributed by atoms with Crippen molar-refractivity contribution in [3.8, 4) is 0 Å². The van der Waals surface area contributed by atoms with Crippen LogP contribution < -0.4 is 9.80 Å². The first-order valence-electron chi connectivity index (χ1n) is 10.7. The maximum Gasteiger partial charge on any atom is 0.414 e. The predicted octanol–water partition coefficient (Wildman–Crippen LogP) is 2.86. The molecule has 0 bridgehead atoms. The maximum atomic E-state index is 14.8. The van der Waals surface area contributed by atoms with Crippen LogP contribution in [0.4, 0.5) is 26.4 Å². The average Bonchev–Trinajstić information content (AvgIpc) is 3.35. The van der Waals surface area contributed by atoms with Crippen molar-refractivity contribution in [1.29, 1.82) is 0 Å². The largest absolute Gasteiger partial charge is 0.441 e. The summed E-state index contributed by atoms with van der Waals surface area (Å²) < 4.78 is 21.5. The fourth-order valence-corrected chi connectivity index (χ4v) is 4.40. The summed E-state index contributed by atoms with van der Waals surface area (Å²) in [6.45, 7) is 3.58. The number of imidazole rings is 1. The number of cyclic esters (lactones) is 1. The Bertz CT molecular complexity index is 1000. The first kappa shape index (κ1) is 22.0. The predicted molar refractivity (Wildman–Crippen MR) is 114 cm³/mol. The molecule has 0 aliphatic carbocycles. The molecule has 32 heavy (non-hydrogen) atoms. The number of nitro groups is 1. The van der Waals surface area contributed by atoms with Gasteiger partial charge in [-0.1, -0.05) is 0 Å². The molecule has 2 saturated heterocycles. The van der Waals surface area contributed by atoms with Crippen LogP contribution in [-0.4, -0.2) is 58.0 Å². The summed E-state index contributed by atoms with van der Waals surface area (Å²) in [6, 6.07) is 4.68. The number of nitrogens with zero attached hydrogens (tertiary/aromatic N) is 5. The number of aliphatic hydroxyl groups is 1. The minimum atomic E-state index is -0.600. The highest BCUT2D eigenvalue weighted by Crippen LogP contribution is 2.31. The van der Waals surface area contributed by atoms with Gasteiger partial charge in [0.15, 0.2) is 5.82 Å². The number of piperidine rings is 1. The van der Waals surface area contributed by atoms with Crippen LogP contribution in [0.3, 0.4) is 0 Å². The van der Waals surface area contributed by atoms with Crippen LogP contribution in [0, 0.1) is 28.8 Å². The normalized spacial score (nSPS) is 19.5. The summed E-state index contributed by atoms with van der Waals surface area (Å²) in [7, 11) is 0. The van der Waals surface area contributed by atoms with Gasteiger partial charge in [0.25, 0.3) is 0 Å². The summed E-state index contributed by atoms with van der Waals surface area (Å²) in [5.74, 6) is 0.619. The fourth-order valence-electron chi connectivity index (χ4n) is 4.40. The van der Waals surface area contributed by atoms with E-state index in [9.17, 15) is 19.3 Å². The van der Waals surface area contributed by atoms with Crippen LogP contribution in [0.15, 0.2) is 24.4 Å². The number of halogens is 1. The molecule has 3 heterocycles. The van der Waals surface area contributed by atoms with Crippen LogP contribution in [0.25, 0.3) is 0 Å². The van der Waals surface area contributed by atoms with Gasteiger partial charge < -0.3 is 24.9 Å². The second-order valence-electron chi connectivity index (χ2n) is 8.23. The van der Waals surface area contributed by atoms with Gasteiger partial charge in [-0.3, -0.25) is 4.90 Å². The summed E-state index contributed by atoms with van der Waals surface area (Å²) >= 11 is 0. The van der Waals surface area contributed by atoms with E-state index in [1.807, 2.05) is 4.90 Å². The van der Waals surface area contributed by atoms with E-state index < -0.39 is 22.9 Å². The Balaban J connectivity index is 1.34. The van der Waals surface area contributed by atoms with E-state index in [0.29, 0.717) is 42.8 Å². The number of hydrogen-bond acceptors (Lipinski definition) is 7. The van der Waals surface area contributed by atoms with Gasteiger partial charge in [0.2, 0.25) is 0 Å². The van der Waals surface area contributed by atoms with Crippen molar-refractivity contribution in [2.75, 3.05) is 36.0 Å².